The van der Waals surface area contributed by atoms with E-state index in [1.165, 1.54) is 6.07 Å². The molecule has 0 aliphatic carbocycles. The molecule has 0 spiro atoms. The number of piperidine rings is 1. The molecule has 2 heterocycles. The third-order valence-corrected chi connectivity index (χ3v) is 4.95. The average Bonchev–Trinajstić information content (AvgIpc) is 2.62. The number of fused-ring (bicyclic) bond motifs is 2. The SMILES string of the molecule is CN1C2CCC1CC(O)(c1ccc(CC#N)cc1F)C2. The van der Waals surface area contributed by atoms with Crippen LogP contribution in [0.4, 0.5) is 4.39 Å². The molecule has 3 nitrogen and oxygen atoms in total. The van der Waals surface area contributed by atoms with E-state index in [1.54, 1.807) is 12.1 Å². The van der Waals surface area contributed by atoms with Crippen LogP contribution < -0.4 is 0 Å². The lowest BCUT2D eigenvalue weighted by molar-refractivity contribution is -0.0515. The van der Waals surface area contributed by atoms with Crippen LogP contribution in [0.5, 0.6) is 0 Å². The monoisotopic (exact) mass is 274 g/mol. The number of aliphatic hydroxyl groups is 1. The summed E-state index contributed by atoms with van der Waals surface area (Å²) in [7, 11) is 2.09. The van der Waals surface area contributed by atoms with Crippen molar-refractivity contribution in [2.45, 2.75) is 49.8 Å². The molecule has 0 saturated carbocycles. The van der Waals surface area contributed by atoms with Gasteiger partial charge < -0.3 is 10.0 Å². The van der Waals surface area contributed by atoms with Crippen LogP contribution >= 0.6 is 0 Å². The Morgan fingerprint density at radius 3 is 2.60 bits per heavy atom. The van der Waals surface area contributed by atoms with Crippen LogP contribution in [0.2, 0.25) is 0 Å². The minimum atomic E-state index is -1.06. The van der Waals surface area contributed by atoms with Gasteiger partial charge in [-0.1, -0.05) is 12.1 Å². The van der Waals surface area contributed by atoms with E-state index in [0.29, 0.717) is 36.1 Å². The maximum atomic E-state index is 14.3. The van der Waals surface area contributed by atoms with Crippen molar-refractivity contribution in [3.63, 3.8) is 0 Å². The van der Waals surface area contributed by atoms with E-state index in [-0.39, 0.29) is 12.2 Å². The first-order chi connectivity index (χ1) is 9.53. The summed E-state index contributed by atoms with van der Waals surface area (Å²) in [6.45, 7) is 0. The van der Waals surface area contributed by atoms with E-state index in [4.69, 9.17) is 5.26 Å². The summed E-state index contributed by atoms with van der Waals surface area (Å²) in [5.74, 6) is -0.385. The molecule has 1 aromatic carbocycles. The van der Waals surface area contributed by atoms with E-state index < -0.39 is 5.60 Å². The molecule has 1 N–H and O–H groups in total. The van der Waals surface area contributed by atoms with Crippen molar-refractivity contribution < 1.29 is 9.50 Å². The molecule has 2 fully saturated rings. The van der Waals surface area contributed by atoms with E-state index >= 15 is 0 Å². The Bertz CT molecular complexity index is 552. The molecule has 2 aliphatic rings. The van der Waals surface area contributed by atoms with Gasteiger partial charge >= 0.3 is 0 Å². The van der Waals surface area contributed by atoms with Crippen LogP contribution in [0.3, 0.4) is 0 Å². The lowest BCUT2D eigenvalue weighted by Gasteiger charge is -2.42. The molecule has 2 atom stereocenters. The van der Waals surface area contributed by atoms with Crippen molar-refractivity contribution in [3.8, 4) is 6.07 Å². The van der Waals surface area contributed by atoms with Gasteiger partial charge in [-0.25, -0.2) is 4.39 Å². The highest BCUT2D eigenvalue weighted by Gasteiger charge is 2.47. The summed E-state index contributed by atoms with van der Waals surface area (Å²) in [4.78, 5) is 2.32. The Balaban J connectivity index is 1.91. The van der Waals surface area contributed by atoms with Gasteiger partial charge in [0, 0.05) is 17.6 Å². The highest BCUT2D eigenvalue weighted by molar-refractivity contribution is 5.31. The summed E-state index contributed by atoms with van der Waals surface area (Å²) in [6.07, 6.45) is 3.54. The summed E-state index contributed by atoms with van der Waals surface area (Å²) in [5.41, 5.74) is -0.00872. The summed E-state index contributed by atoms with van der Waals surface area (Å²) < 4.78 is 14.3. The van der Waals surface area contributed by atoms with Crippen LogP contribution in [0.1, 0.15) is 36.8 Å². The number of halogens is 1. The van der Waals surface area contributed by atoms with Gasteiger partial charge in [0.1, 0.15) is 5.82 Å². The zero-order valence-electron chi connectivity index (χ0n) is 11.6. The first kappa shape index (κ1) is 13.5. The number of hydrogen-bond donors (Lipinski definition) is 1. The first-order valence-corrected chi connectivity index (χ1v) is 7.14. The predicted octanol–water partition coefficient (Wildman–Crippen LogP) is 2.34. The molecule has 4 heteroatoms. The van der Waals surface area contributed by atoms with Crippen LogP contribution in [-0.2, 0) is 12.0 Å². The third kappa shape index (κ3) is 2.11. The fourth-order valence-electron chi connectivity index (χ4n) is 3.80. The second kappa shape index (κ2) is 4.83. The zero-order chi connectivity index (χ0) is 14.3. The smallest absolute Gasteiger partial charge is 0.129 e. The molecule has 106 valence electrons. The topological polar surface area (TPSA) is 47.3 Å². The second-order valence-electron chi connectivity index (χ2n) is 6.14. The molecule has 0 radical (unpaired) electrons. The van der Waals surface area contributed by atoms with E-state index in [2.05, 4.69) is 11.9 Å². The molecule has 2 aliphatic heterocycles. The predicted molar refractivity (Wildman–Crippen MR) is 73.4 cm³/mol. The van der Waals surface area contributed by atoms with Gasteiger partial charge in [0.15, 0.2) is 0 Å². The summed E-state index contributed by atoms with van der Waals surface area (Å²) >= 11 is 0. The van der Waals surface area contributed by atoms with Crippen molar-refractivity contribution in [3.05, 3.63) is 35.1 Å². The van der Waals surface area contributed by atoms with Crippen molar-refractivity contribution in [1.82, 2.24) is 4.90 Å². The van der Waals surface area contributed by atoms with Crippen LogP contribution in [-0.4, -0.2) is 29.1 Å². The molecule has 2 unspecified atom stereocenters. The Hall–Kier alpha value is -1.44. The first-order valence-electron chi connectivity index (χ1n) is 7.14. The Kier molecular flexibility index (Phi) is 3.27. The van der Waals surface area contributed by atoms with Gasteiger partial charge in [0.25, 0.3) is 0 Å². The van der Waals surface area contributed by atoms with Crippen molar-refractivity contribution >= 4 is 0 Å². The average molecular weight is 274 g/mol. The third-order valence-electron chi connectivity index (χ3n) is 4.95. The van der Waals surface area contributed by atoms with Crippen LogP contribution in [0.25, 0.3) is 0 Å². The summed E-state index contributed by atoms with van der Waals surface area (Å²) in [5, 5.41) is 19.6. The lowest BCUT2D eigenvalue weighted by Crippen LogP contribution is -2.48. The summed E-state index contributed by atoms with van der Waals surface area (Å²) in [6, 6.07) is 7.50. The van der Waals surface area contributed by atoms with Crippen molar-refractivity contribution in [2.24, 2.45) is 0 Å². The fourth-order valence-corrected chi connectivity index (χ4v) is 3.80. The van der Waals surface area contributed by atoms with Gasteiger partial charge in [0.05, 0.1) is 18.1 Å². The molecule has 2 bridgehead atoms. The number of hydrogen-bond acceptors (Lipinski definition) is 3. The number of rotatable bonds is 2. The zero-order valence-corrected chi connectivity index (χ0v) is 11.6. The molecular formula is C16H19FN2O. The minimum absolute atomic E-state index is 0.198. The highest BCUT2D eigenvalue weighted by Crippen LogP contribution is 2.45. The van der Waals surface area contributed by atoms with Crippen molar-refractivity contribution in [2.75, 3.05) is 7.05 Å². The Morgan fingerprint density at radius 1 is 1.40 bits per heavy atom. The number of benzene rings is 1. The standard InChI is InChI=1S/C16H19FN2O/c1-19-12-3-4-13(19)10-16(20,9-12)14-5-2-11(6-7-18)8-15(14)17/h2,5,8,12-13,20H,3-4,6,9-10H2,1H3. The van der Waals surface area contributed by atoms with Gasteiger partial charge in [0.2, 0.25) is 0 Å². The largest absolute Gasteiger partial charge is 0.385 e. The Morgan fingerprint density at radius 2 is 2.05 bits per heavy atom. The quantitative estimate of drug-likeness (QED) is 0.900. The Labute approximate surface area is 118 Å². The highest BCUT2D eigenvalue weighted by atomic mass is 19.1. The number of nitrogens with zero attached hydrogens (tertiary/aromatic N) is 2. The van der Waals surface area contributed by atoms with E-state index in [1.807, 2.05) is 6.07 Å². The fraction of sp³-hybridized carbons (Fsp3) is 0.562. The molecule has 20 heavy (non-hydrogen) atoms. The maximum Gasteiger partial charge on any atom is 0.129 e. The van der Waals surface area contributed by atoms with E-state index in [0.717, 1.165) is 12.8 Å². The van der Waals surface area contributed by atoms with Crippen LogP contribution in [0, 0.1) is 17.1 Å². The molecule has 0 amide bonds. The molecule has 2 saturated heterocycles. The van der Waals surface area contributed by atoms with Crippen molar-refractivity contribution in [1.29, 1.82) is 5.26 Å². The minimum Gasteiger partial charge on any atom is -0.385 e. The van der Waals surface area contributed by atoms with E-state index in [9.17, 15) is 9.50 Å². The van der Waals surface area contributed by atoms with Gasteiger partial charge in [-0.3, -0.25) is 0 Å². The normalized spacial score (nSPS) is 33.1. The van der Waals surface area contributed by atoms with Gasteiger partial charge in [-0.2, -0.15) is 5.26 Å². The molecular weight excluding hydrogens is 255 g/mol. The van der Waals surface area contributed by atoms with Gasteiger partial charge in [-0.15, -0.1) is 0 Å². The molecule has 0 aromatic heterocycles. The van der Waals surface area contributed by atoms with Crippen LogP contribution in [0.15, 0.2) is 18.2 Å². The molecule has 1 aromatic rings. The van der Waals surface area contributed by atoms with Gasteiger partial charge in [-0.05, 0) is 44.4 Å². The maximum absolute atomic E-state index is 14.3. The molecule has 3 rings (SSSR count). The second-order valence-corrected chi connectivity index (χ2v) is 6.14. The lowest BCUT2D eigenvalue weighted by atomic mass is 9.80. The number of nitriles is 1.